The first-order chi connectivity index (χ1) is 11.1. The third-order valence-corrected chi connectivity index (χ3v) is 5.00. The minimum Gasteiger partial charge on any atom is -0.443 e. The van der Waals surface area contributed by atoms with Crippen molar-refractivity contribution < 1.29 is 9.15 Å². The molecule has 0 amide bonds. The Morgan fingerprint density at radius 1 is 1.30 bits per heavy atom. The number of rotatable bonds is 4. The summed E-state index contributed by atoms with van der Waals surface area (Å²) in [7, 11) is 2.15. The first-order valence-corrected chi connectivity index (χ1v) is 8.40. The maximum Gasteiger partial charge on any atom is 0.216 e. The molecule has 1 unspecified atom stereocenters. The van der Waals surface area contributed by atoms with Gasteiger partial charge in [-0.3, -0.25) is 9.58 Å². The second-order valence-electron chi connectivity index (χ2n) is 6.74. The van der Waals surface area contributed by atoms with Crippen LogP contribution in [0, 0.1) is 13.8 Å². The van der Waals surface area contributed by atoms with E-state index in [2.05, 4.69) is 30.8 Å². The molecule has 0 N–H and O–H groups in total. The summed E-state index contributed by atoms with van der Waals surface area (Å²) in [5.74, 6) is 2.37. The summed E-state index contributed by atoms with van der Waals surface area (Å²) in [5, 5.41) is 4.72. The predicted octanol–water partition coefficient (Wildman–Crippen LogP) is 2.42. The van der Waals surface area contributed by atoms with E-state index < -0.39 is 0 Å². The lowest BCUT2D eigenvalue weighted by Gasteiger charge is -2.32. The molecule has 1 aliphatic carbocycles. The fourth-order valence-corrected chi connectivity index (χ4v) is 3.42. The molecule has 1 aliphatic heterocycles. The smallest absolute Gasteiger partial charge is 0.216 e. The number of aromatic nitrogens is 3. The van der Waals surface area contributed by atoms with Gasteiger partial charge in [0.05, 0.1) is 31.1 Å². The molecular formula is C17H24N4O2. The molecule has 1 saturated heterocycles. The van der Waals surface area contributed by atoms with Gasteiger partial charge in [-0.2, -0.15) is 5.10 Å². The lowest BCUT2D eigenvalue weighted by Crippen LogP contribution is -2.37. The van der Waals surface area contributed by atoms with Crippen molar-refractivity contribution in [2.75, 3.05) is 26.8 Å². The second kappa shape index (κ2) is 5.76. The molecule has 0 spiro atoms. The largest absolute Gasteiger partial charge is 0.443 e. The van der Waals surface area contributed by atoms with Crippen LogP contribution in [-0.2, 0) is 11.3 Å². The Morgan fingerprint density at radius 3 is 2.87 bits per heavy atom. The van der Waals surface area contributed by atoms with E-state index in [1.54, 1.807) is 0 Å². The number of likely N-dealkylation sites (N-methyl/N-ethyl adjacent to an activating group) is 1. The Morgan fingerprint density at radius 2 is 2.13 bits per heavy atom. The fourth-order valence-electron chi connectivity index (χ4n) is 3.42. The summed E-state index contributed by atoms with van der Waals surface area (Å²) >= 11 is 0. The molecule has 6 nitrogen and oxygen atoms in total. The van der Waals surface area contributed by atoms with Gasteiger partial charge in [-0.25, -0.2) is 4.98 Å². The average molecular weight is 316 g/mol. The summed E-state index contributed by atoms with van der Waals surface area (Å²) in [6.45, 7) is 7.29. The van der Waals surface area contributed by atoms with Gasteiger partial charge in [-0.05, 0) is 33.7 Å². The zero-order chi connectivity index (χ0) is 16.0. The third-order valence-electron chi connectivity index (χ3n) is 5.00. The van der Waals surface area contributed by atoms with Crippen molar-refractivity contribution in [2.45, 2.75) is 45.2 Å². The maximum atomic E-state index is 5.88. The van der Waals surface area contributed by atoms with Gasteiger partial charge in [0, 0.05) is 23.7 Å². The highest BCUT2D eigenvalue weighted by Crippen LogP contribution is 2.40. The van der Waals surface area contributed by atoms with Crippen LogP contribution in [0.5, 0.6) is 0 Å². The van der Waals surface area contributed by atoms with Gasteiger partial charge in [0.2, 0.25) is 5.89 Å². The molecule has 2 fully saturated rings. The number of hydrogen-bond acceptors (Lipinski definition) is 5. The standard InChI is InChI=1S/C17H24N4O2/c1-11-17(14-10-22-7-6-20(14)3)12(2)21(19-11)9-16-18-8-15(23-16)13-4-5-13/h8,13-14H,4-7,9-10H2,1-3H3. The van der Waals surface area contributed by atoms with Crippen LogP contribution in [0.1, 0.15) is 53.4 Å². The maximum absolute atomic E-state index is 5.88. The zero-order valence-electron chi connectivity index (χ0n) is 14.1. The van der Waals surface area contributed by atoms with Gasteiger partial charge in [0.15, 0.2) is 0 Å². The van der Waals surface area contributed by atoms with E-state index in [4.69, 9.17) is 14.3 Å². The normalized spacial score (nSPS) is 22.7. The minimum absolute atomic E-state index is 0.282. The van der Waals surface area contributed by atoms with E-state index in [0.29, 0.717) is 12.5 Å². The van der Waals surface area contributed by atoms with Crippen molar-refractivity contribution in [2.24, 2.45) is 0 Å². The average Bonchev–Trinajstić information content (AvgIpc) is 3.22. The molecule has 0 aromatic carbocycles. The van der Waals surface area contributed by atoms with Crippen molar-refractivity contribution >= 4 is 0 Å². The van der Waals surface area contributed by atoms with Crippen LogP contribution in [0.3, 0.4) is 0 Å². The summed E-state index contributed by atoms with van der Waals surface area (Å²) in [4.78, 5) is 6.77. The van der Waals surface area contributed by atoms with Crippen molar-refractivity contribution in [1.29, 1.82) is 0 Å². The van der Waals surface area contributed by atoms with E-state index >= 15 is 0 Å². The van der Waals surface area contributed by atoms with Crippen LogP contribution >= 0.6 is 0 Å². The zero-order valence-corrected chi connectivity index (χ0v) is 14.1. The first-order valence-electron chi connectivity index (χ1n) is 8.40. The van der Waals surface area contributed by atoms with Gasteiger partial charge in [0.1, 0.15) is 12.3 Å². The summed E-state index contributed by atoms with van der Waals surface area (Å²) in [6.07, 6.45) is 4.34. The van der Waals surface area contributed by atoms with E-state index in [-0.39, 0.29) is 6.04 Å². The van der Waals surface area contributed by atoms with E-state index in [0.717, 1.165) is 37.1 Å². The molecule has 23 heavy (non-hydrogen) atoms. The van der Waals surface area contributed by atoms with E-state index in [1.807, 2.05) is 10.9 Å². The van der Waals surface area contributed by atoms with Gasteiger partial charge >= 0.3 is 0 Å². The van der Waals surface area contributed by atoms with Gasteiger partial charge in [-0.15, -0.1) is 0 Å². The van der Waals surface area contributed by atoms with Gasteiger partial charge < -0.3 is 9.15 Å². The number of oxazole rings is 1. The minimum atomic E-state index is 0.282. The van der Waals surface area contributed by atoms with Gasteiger partial charge in [-0.1, -0.05) is 0 Å². The highest BCUT2D eigenvalue weighted by molar-refractivity contribution is 5.29. The van der Waals surface area contributed by atoms with Crippen LogP contribution in [0.2, 0.25) is 0 Å². The predicted molar refractivity (Wildman–Crippen MR) is 85.5 cm³/mol. The summed E-state index contributed by atoms with van der Waals surface area (Å²) < 4.78 is 13.6. The number of nitrogens with zero attached hydrogens (tertiary/aromatic N) is 4. The molecule has 2 aliphatic rings. The lowest BCUT2D eigenvalue weighted by atomic mass is 10.0. The molecule has 1 saturated carbocycles. The second-order valence-corrected chi connectivity index (χ2v) is 6.74. The monoisotopic (exact) mass is 316 g/mol. The Labute approximate surface area is 136 Å². The number of aryl methyl sites for hydroxylation is 1. The van der Waals surface area contributed by atoms with Crippen LogP contribution in [-0.4, -0.2) is 46.5 Å². The molecular weight excluding hydrogens is 292 g/mol. The highest BCUT2D eigenvalue weighted by atomic mass is 16.5. The van der Waals surface area contributed by atoms with E-state index in [1.165, 1.54) is 24.1 Å². The van der Waals surface area contributed by atoms with Crippen molar-refractivity contribution in [1.82, 2.24) is 19.7 Å². The molecule has 2 aromatic heterocycles. The molecule has 0 bridgehead atoms. The third kappa shape index (κ3) is 2.81. The molecule has 124 valence electrons. The van der Waals surface area contributed by atoms with Crippen LogP contribution < -0.4 is 0 Å². The Bertz CT molecular complexity index is 702. The fraction of sp³-hybridized carbons (Fsp3) is 0.647. The lowest BCUT2D eigenvalue weighted by molar-refractivity contribution is 0.00457. The molecule has 0 radical (unpaired) electrons. The van der Waals surface area contributed by atoms with Crippen LogP contribution in [0.25, 0.3) is 0 Å². The Kier molecular flexibility index (Phi) is 3.73. The summed E-state index contributed by atoms with van der Waals surface area (Å²) in [5.41, 5.74) is 3.52. The number of hydrogen-bond donors (Lipinski definition) is 0. The first kappa shape index (κ1) is 14.9. The Balaban J connectivity index is 1.58. The van der Waals surface area contributed by atoms with Crippen LogP contribution in [0.15, 0.2) is 10.6 Å². The van der Waals surface area contributed by atoms with Crippen molar-refractivity contribution in [3.8, 4) is 0 Å². The topological polar surface area (TPSA) is 56.3 Å². The molecule has 3 heterocycles. The van der Waals surface area contributed by atoms with Crippen LogP contribution in [0.4, 0.5) is 0 Å². The highest BCUT2D eigenvalue weighted by Gasteiger charge is 2.29. The summed E-state index contributed by atoms with van der Waals surface area (Å²) in [6, 6.07) is 0.282. The van der Waals surface area contributed by atoms with Crippen molar-refractivity contribution in [3.63, 3.8) is 0 Å². The molecule has 6 heteroatoms. The molecule has 4 rings (SSSR count). The van der Waals surface area contributed by atoms with E-state index in [9.17, 15) is 0 Å². The number of morpholine rings is 1. The molecule has 1 atom stereocenters. The SMILES string of the molecule is Cc1nn(Cc2ncc(C3CC3)o2)c(C)c1C1COCCN1C. The van der Waals surface area contributed by atoms with Gasteiger partial charge in [0.25, 0.3) is 0 Å². The molecule has 2 aromatic rings. The number of ether oxygens (including phenoxy) is 1. The quantitative estimate of drug-likeness (QED) is 0.867. The Hall–Kier alpha value is -1.66. The van der Waals surface area contributed by atoms with Crippen molar-refractivity contribution in [3.05, 3.63) is 34.8 Å².